The van der Waals surface area contributed by atoms with Crippen molar-refractivity contribution in [3.8, 4) is 0 Å². The molecule has 114 valence electrons. The Morgan fingerprint density at radius 2 is 2.05 bits per heavy atom. The number of aromatic nitrogens is 2. The molecule has 6 nitrogen and oxygen atoms in total. The highest BCUT2D eigenvalue weighted by atomic mass is 79.9. The first-order valence-corrected chi connectivity index (χ1v) is 7.43. The van der Waals surface area contributed by atoms with E-state index in [1.807, 2.05) is 33.1 Å². The first-order valence-electron chi connectivity index (χ1n) is 6.63. The van der Waals surface area contributed by atoms with Gasteiger partial charge in [0.25, 0.3) is 5.56 Å². The summed E-state index contributed by atoms with van der Waals surface area (Å²) in [6.07, 6.45) is 1.70. The molecule has 0 bridgehead atoms. The minimum Gasteiger partial charge on any atom is -0.381 e. The van der Waals surface area contributed by atoms with Crippen LogP contribution in [-0.4, -0.2) is 66.9 Å². The molecule has 0 spiro atoms. The first-order chi connectivity index (χ1) is 9.32. The molecular formula is C13H24BrN5O. The van der Waals surface area contributed by atoms with Gasteiger partial charge in [-0.15, -0.1) is 0 Å². The monoisotopic (exact) mass is 345 g/mol. The third kappa shape index (κ3) is 4.88. The summed E-state index contributed by atoms with van der Waals surface area (Å²) >= 11 is 3.36. The second kappa shape index (κ2) is 7.75. The van der Waals surface area contributed by atoms with E-state index in [-0.39, 0.29) is 5.56 Å². The van der Waals surface area contributed by atoms with Gasteiger partial charge in [-0.25, -0.2) is 4.68 Å². The highest BCUT2D eigenvalue weighted by Gasteiger charge is 2.10. The number of nitrogens with one attached hydrogen (secondary N) is 1. The zero-order chi connectivity index (χ0) is 15.3. The average Bonchev–Trinajstić information content (AvgIpc) is 2.38. The molecule has 0 saturated carbocycles. The van der Waals surface area contributed by atoms with Crippen molar-refractivity contribution in [2.75, 3.05) is 46.6 Å². The number of hydrogen-bond donors (Lipinski definition) is 1. The van der Waals surface area contributed by atoms with Crippen molar-refractivity contribution in [1.29, 1.82) is 0 Å². The molecular weight excluding hydrogens is 322 g/mol. The molecule has 1 heterocycles. The maximum absolute atomic E-state index is 12.2. The van der Waals surface area contributed by atoms with Crippen LogP contribution in [0, 0.1) is 0 Å². The largest absolute Gasteiger partial charge is 0.381 e. The Bertz CT molecular complexity index is 486. The number of likely N-dealkylation sites (N-methyl/N-ethyl adjacent to an activating group) is 2. The Balaban J connectivity index is 2.76. The Hall–Kier alpha value is -0.920. The summed E-state index contributed by atoms with van der Waals surface area (Å²) in [6.45, 7) is 4.24. The fourth-order valence-electron chi connectivity index (χ4n) is 1.48. The average molecular weight is 346 g/mol. The van der Waals surface area contributed by atoms with Gasteiger partial charge in [0.05, 0.1) is 18.4 Å². The van der Waals surface area contributed by atoms with Crippen LogP contribution < -0.4 is 10.9 Å². The summed E-state index contributed by atoms with van der Waals surface area (Å²) in [6, 6.07) is 0.373. The maximum atomic E-state index is 12.2. The van der Waals surface area contributed by atoms with Crippen LogP contribution in [0.3, 0.4) is 0 Å². The molecule has 0 aliphatic carbocycles. The van der Waals surface area contributed by atoms with Gasteiger partial charge in [-0.3, -0.25) is 4.79 Å². The van der Waals surface area contributed by atoms with E-state index in [9.17, 15) is 4.79 Å². The molecule has 7 heteroatoms. The number of rotatable bonds is 7. The van der Waals surface area contributed by atoms with Crippen molar-refractivity contribution in [3.63, 3.8) is 0 Å². The highest BCUT2D eigenvalue weighted by molar-refractivity contribution is 9.10. The fraction of sp³-hybridized carbons (Fsp3) is 0.692. The minimum absolute atomic E-state index is 0.102. The Morgan fingerprint density at radius 1 is 1.40 bits per heavy atom. The lowest BCUT2D eigenvalue weighted by Crippen LogP contribution is -2.33. The van der Waals surface area contributed by atoms with E-state index in [0.717, 1.165) is 18.8 Å². The molecule has 0 saturated heterocycles. The van der Waals surface area contributed by atoms with E-state index >= 15 is 0 Å². The second-order valence-electron chi connectivity index (χ2n) is 5.40. The van der Waals surface area contributed by atoms with Gasteiger partial charge in [-0.1, -0.05) is 0 Å². The van der Waals surface area contributed by atoms with Gasteiger partial charge in [-0.2, -0.15) is 5.10 Å². The molecule has 0 aliphatic heterocycles. The van der Waals surface area contributed by atoms with Gasteiger partial charge in [0.1, 0.15) is 4.47 Å². The van der Waals surface area contributed by atoms with Gasteiger partial charge in [-0.05, 0) is 51.0 Å². The van der Waals surface area contributed by atoms with Crippen molar-refractivity contribution in [2.24, 2.45) is 0 Å². The summed E-state index contributed by atoms with van der Waals surface area (Å²) in [5.41, 5.74) is 0.638. The number of hydrogen-bond acceptors (Lipinski definition) is 5. The van der Waals surface area contributed by atoms with Crippen LogP contribution in [0.15, 0.2) is 15.5 Å². The van der Waals surface area contributed by atoms with Crippen LogP contribution in [0.4, 0.5) is 5.69 Å². The lowest BCUT2D eigenvalue weighted by Gasteiger charge is -2.21. The lowest BCUT2D eigenvalue weighted by atomic mass is 10.3. The number of anilines is 1. The van der Waals surface area contributed by atoms with Crippen LogP contribution in [0.1, 0.15) is 6.92 Å². The van der Waals surface area contributed by atoms with Crippen LogP contribution in [0.2, 0.25) is 0 Å². The predicted octanol–water partition coefficient (Wildman–Crippen LogP) is 0.929. The third-order valence-electron chi connectivity index (χ3n) is 3.21. The molecule has 1 rings (SSSR count). The molecule has 0 aliphatic rings. The van der Waals surface area contributed by atoms with Crippen molar-refractivity contribution in [1.82, 2.24) is 19.6 Å². The van der Waals surface area contributed by atoms with Gasteiger partial charge >= 0.3 is 0 Å². The summed E-state index contributed by atoms with van der Waals surface area (Å²) in [7, 11) is 8.00. The van der Waals surface area contributed by atoms with Crippen molar-refractivity contribution in [3.05, 3.63) is 21.0 Å². The topological polar surface area (TPSA) is 53.4 Å². The summed E-state index contributed by atoms with van der Waals surface area (Å²) in [5.74, 6) is 0. The molecule has 0 fully saturated rings. The zero-order valence-corrected chi connectivity index (χ0v) is 14.4. The van der Waals surface area contributed by atoms with Crippen LogP contribution >= 0.6 is 15.9 Å². The molecule has 1 atom stereocenters. The number of halogens is 1. The third-order valence-corrected chi connectivity index (χ3v) is 3.98. The minimum atomic E-state index is -0.102. The molecule has 0 radical (unpaired) electrons. The predicted molar refractivity (Wildman–Crippen MR) is 86.4 cm³/mol. The molecule has 0 amide bonds. The zero-order valence-electron chi connectivity index (χ0n) is 12.9. The van der Waals surface area contributed by atoms with E-state index in [0.29, 0.717) is 17.1 Å². The van der Waals surface area contributed by atoms with E-state index in [1.165, 1.54) is 4.68 Å². The van der Waals surface area contributed by atoms with Crippen LogP contribution in [0.25, 0.3) is 0 Å². The maximum Gasteiger partial charge on any atom is 0.283 e. The fourth-order valence-corrected chi connectivity index (χ4v) is 1.93. The smallest absolute Gasteiger partial charge is 0.283 e. The van der Waals surface area contributed by atoms with Crippen LogP contribution in [-0.2, 0) is 6.54 Å². The molecule has 1 unspecified atom stereocenters. The molecule has 1 N–H and O–H groups in total. The normalized spacial score (nSPS) is 13.0. The van der Waals surface area contributed by atoms with E-state index in [4.69, 9.17) is 0 Å². The first kappa shape index (κ1) is 17.1. The Labute approximate surface area is 128 Å². The summed E-state index contributed by atoms with van der Waals surface area (Å²) in [4.78, 5) is 16.3. The Kier molecular flexibility index (Phi) is 6.64. The van der Waals surface area contributed by atoms with Crippen molar-refractivity contribution < 1.29 is 0 Å². The van der Waals surface area contributed by atoms with Gasteiger partial charge in [0.15, 0.2) is 0 Å². The highest BCUT2D eigenvalue weighted by Crippen LogP contribution is 2.16. The molecule has 1 aromatic heterocycles. The van der Waals surface area contributed by atoms with E-state index in [2.05, 4.69) is 38.2 Å². The van der Waals surface area contributed by atoms with Crippen molar-refractivity contribution >= 4 is 21.6 Å². The van der Waals surface area contributed by atoms with Gasteiger partial charge in [0, 0.05) is 19.1 Å². The van der Waals surface area contributed by atoms with Gasteiger partial charge < -0.3 is 15.1 Å². The quantitative estimate of drug-likeness (QED) is 0.796. The van der Waals surface area contributed by atoms with Crippen LogP contribution in [0.5, 0.6) is 0 Å². The number of nitrogens with zero attached hydrogens (tertiary/aromatic N) is 4. The molecule has 1 aromatic rings. The molecule has 20 heavy (non-hydrogen) atoms. The summed E-state index contributed by atoms with van der Waals surface area (Å²) in [5, 5.41) is 7.46. The van der Waals surface area contributed by atoms with Crippen molar-refractivity contribution in [2.45, 2.75) is 19.5 Å². The molecule has 0 aromatic carbocycles. The Morgan fingerprint density at radius 3 is 2.60 bits per heavy atom. The van der Waals surface area contributed by atoms with Gasteiger partial charge in [0.2, 0.25) is 0 Å². The lowest BCUT2D eigenvalue weighted by molar-refractivity contribution is 0.326. The summed E-state index contributed by atoms with van der Waals surface area (Å²) < 4.78 is 2.02. The van der Waals surface area contributed by atoms with E-state index < -0.39 is 0 Å². The second-order valence-corrected chi connectivity index (χ2v) is 6.19. The standard InChI is InChI=1S/C13H24BrN5O/c1-10(18(4)5)8-15-11-9-16-19(7-6-17(2)3)13(20)12(11)14/h9-10,15H,6-8H2,1-5H3. The SMILES string of the molecule is CC(CNc1cnn(CCN(C)C)c(=O)c1Br)N(C)C. The van der Waals surface area contributed by atoms with E-state index in [1.54, 1.807) is 6.20 Å².